The number of benzene rings is 1. The van der Waals surface area contributed by atoms with Crippen LogP contribution in [0, 0.1) is 0 Å². The fourth-order valence-corrected chi connectivity index (χ4v) is 1.75. The van der Waals surface area contributed by atoms with Crippen molar-refractivity contribution >= 4 is 11.2 Å². The monoisotopic (exact) mass is 256 g/mol. The van der Waals surface area contributed by atoms with Gasteiger partial charge in [-0.15, -0.1) is 0 Å². The van der Waals surface area contributed by atoms with Crippen molar-refractivity contribution in [2.24, 2.45) is 0 Å². The first kappa shape index (κ1) is 11.5. The van der Waals surface area contributed by atoms with Gasteiger partial charge in [0.1, 0.15) is 0 Å². The lowest BCUT2D eigenvalue weighted by atomic mass is 10.3. The first-order valence-corrected chi connectivity index (χ1v) is 5.83. The number of methoxy groups -OCH3 is 1. The minimum Gasteiger partial charge on any atom is -0.493 e. The number of fused-ring (bicyclic) bond motifs is 1. The number of pyridine rings is 1. The maximum absolute atomic E-state index is 5.63. The topological polar surface area (TPSA) is 57.4 Å². The van der Waals surface area contributed by atoms with Gasteiger partial charge in [-0.05, 0) is 24.3 Å². The minimum absolute atomic E-state index is 0.233. The van der Waals surface area contributed by atoms with Crippen LogP contribution >= 0.6 is 0 Å². The molecule has 19 heavy (non-hydrogen) atoms. The number of hydrogen-bond acceptors (Lipinski definition) is 5. The fraction of sp³-hybridized carbons (Fsp3) is 0.143. The van der Waals surface area contributed by atoms with Crippen molar-refractivity contribution < 1.29 is 13.9 Å². The van der Waals surface area contributed by atoms with Gasteiger partial charge >= 0.3 is 0 Å². The molecule has 0 amide bonds. The highest BCUT2D eigenvalue weighted by Crippen LogP contribution is 2.26. The second kappa shape index (κ2) is 4.97. The van der Waals surface area contributed by atoms with Crippen molar-refractivity contribution in [3.05, 3.63) is 48.5 Å². The van der Waals surface area contributed by atoms with E-state index in [-0.39, 0.29) is 6.61 Å². The Morgan fingerprint density at radius 2 is 1.95 bits per heavy atom. The van der Waals surface area contributed by atoms with E-state index in [2.05, 4.69) is 9.97 Å². The molecule has 0 saturated heterocycles. The minimum atomic E-state index is 0.233. The lowest BCUT2D eigenvalue weighted by Crippen LogP contribution is -1.97. The lowest BCUT2D eigenvalue weighted by molar-refractivity contribution is 0.253. The van der Waals surface area contributed by atoms with Gasteiger partial charge in [-0.2, -0.15) is 4.98 Å². The molecule has 0 saturated carbocycles. The van der Waals surface area contributed by atoms with Crippen LogP contribution in [-0.2, 0) is 6.61 Å². The highest BCUT2D eigenvalue weighted by atomic mass is 16.5. The van der Waals surface area contributed by atoms with Gasteiger partial charge in [-0.3, -0.25) is 0 Å². The molecule has 0 bridgehead atoms. The molecule has 1 aromatic carbocycles. The summed E-state index contributed by atoms with van der Waals surface area (Å²) in [7, 11) is 1.60. The number of rotatable bonds is 4. The molecule has 0 radical (unpaired) electrons. The van der Waals surface area contributed by atoms with Gasteiger partial charge in [-0.25, -0.2) is 4.98 Å². The average molecular weight is 256 g/mol. The molecule has 96 valence electrons. The zero-order chi connectivity index (χ0) is 13.1. The summed E-state index contributed by atoms with van der Waals surface area (Å²) >= 11 is 0. The molecular formula is C14H12N2O3. The Labute approximate surface area is 109 Å². The molecule has 0 atom stereocenters. The Hall–Kier alpha value is -2.56. The zero-order valence-corrected chi connectivity index (χ0v) is 10.4. The number of hydrogen-bond donors (Lipinski definition) is 0. The van der Waals surface area contributed by atoms with E-state index in [0.717, 1.165) is 0 Å². The standard InChI is InChI=1S/C14H12N2O3/c1-17-10-5-2-3-6-11(10)18-9-13-16-14-12(19-13)7-4-8-15-14/h2-8H,9H2,1H3. The third kappa shape index (κ3) is 2.35. The van der Waals surface area contributed by atoms with Gasteiger partial charge in [0.15, 0.2) is 29.3 Å². The van der Waals surface area contributed by atoms with Crippen LogP contribution in [0.4, 0.5) is 0 Å². The Kier molecular flexibility index (Phi) is 3.02. The summed E-state index contributed by atoms with van der Waals surface area (Å²) in [5.41, 5.74) is 1.24. The molecule has 0 fully saturated rings. The van der Waals surface area contributed by atoms with E-state index in [1.807, 2.05) is 30.3 Å². The van der Waals surface area contributed by atoms with Gasteiger partial charge < -0.3 is 13.9 Å². The van der Waals surface area contributed by atoms with Crippen LogP contribution in [0.5, 0.6) is 11.5 Å². The first-order chi connectivity index (χ1) is 9.36. The Morgan fingerprint density at radius 3 is 2.74 bits per heavy atom. The molecule has 5 nitrogen and oxygen atoms in total. The van der Waals surface area contributed by atoms with E-state index in [1.165, 1.54) is 0 Å². The molecule has 0 aliphatic carbocycles. The molecule has 2 aromatic heterocycles. The van der Waals surface area contributed by atoms with E-state index < -0.39 is 0 Å². The molecule has 3 aromatic rings. The van der Waals surface area contributed by atoms with Gasteiger partial charge in [0.25, 0.3) is 0 Å². The maximum Gasteiger partial charge on any atom is 0.235 e. The van der Waals surface area contributed by atoms with E-state index in [9.17, 15) is 0 Å². The molecule has 3 rings (SSSR count). The molecule has 5 heteroatoms. The molecule has 0 unspecified atom stereocenters. The van der Waals surface area contributed by atoms with E-state index in [1.54, 1.807) is 19.4 Å². The van der Waals surface area contributed by atoms with Crippen molar-refractivity contribution in [1.82, 2.24) is 9.97 Å². The molecule has 0 aliphatic heterocycles. The molecule has 0 spiro atoms. The quantitative estimate of drug-likeness (QED) is 0.718. The van der Waals surface area contributed by atoms with Crippen LogP contribution in [0.1, 0.15) is 5.89 Å². The number of ether oxygens (including phenoxy) is 2. The van der Waals surface area contributed by atoms with Crippen LogP contribution in [-0.4, -0.2) is 17.1 Å². The lowest BCUT2D eigenvalue weighted by Gasteiger charge is -2.08. The number of aromatic nitrogens is 2. The second-order valence-electron chi connectivity index (χ2n) is 3.87. The summed E-state index contributed by atoms with van der Waals surface area (Å²) < 4.78 is 16.4. The molecular weight excluding hydrogens is 244 g/mol. The van der Waals surface area contributed by atoms with Gasteiger partial charge in [0, 0.05) is 6.20 Å². The van der Waals surface area contributed by atoms with Crippen molar-refractivity contribution in [2.45, 2.75) is 6.61 Å². The predicted molar refractivity (Wildman–Crippen MR) is 69.1 cm³/mol. The van der Waals surface area contributed by atoms with Crippen molar-refractivity contribution in [3.8, 4) is 11.5 Å². The number of nitrogens with zero attached hydrogens (tertiary/aromatic N) is 2. The first-order valence-electron chi connectivity index (χ1n) is 5.83. The molecule has 2 heterocycles. The summed E-state index contributed by atoms with van der Waals surface area (Å²) in [4.78, 5) is 8.35. The van der Waals surface area contributed by atoms with Crippen LogP contribution in [0.3, 0.4) is 0 Å². The fourth-order valence-electron chi connectivity index (χ4n) is 1.75. The van der Waals surface area contributed by atoms with Gasteiger partial charge in [0.2, 0.25) is 5.89 Å². The molecule has 0 N–H and O–H groups in total. The van der Waals surface area contributed by atoms with E-state index in [4.69, 9.17) is 13.9 Å². The predicted octanol–water partition coefficient (Wildman–Crippen LogP) is 2.81. The average Bonchev–Trinajstić information content (AvgIpc) is 2.88. The second-order valence-corrected chi connectivity index (χ2v) is 3.87. The Morgan fingerprint density at radius 1 is 1.11 bits per heavy atom. The summed E-state index contributed by atoms with van der Waals surface area (Å²) in [6, 6.07) is 11.1. The summed E-state index contributed by atoms with van der Waals surface area (Å²) in [6.45, 7) is 0.233. The molecule has 0 aliphatic rings. The highest BCUT2D eigenvalue weighted by molar-refractivity contribution is 5.66. The SMILES string of the molecule is COc1ccccc1OCc1nc2ncccc2o1. The maximum atomic E-state index is 5.63. The third-order valence-electron chi connectivity index (χ3n) is 2.63. The zero-order valence-electron chi connectivity index (χ0n) is 10.4. The van der Waals surface area contributed by atoms with Crippen molar-refractivity contribution in [1.29, 1.82) is 0 Å². The summed E-state index contributed by atoms with van der Waals surface area (Å²) in [5.74, 6) is 1.82. The summed E-state index contributed by atoms with van der Waals surface area (Å²) in [6.07, 6.45) is 1.68. The van der Waals surface area contributed by atoms with Crippen molar-refractivity contribution in [2.75, 3.05) is 7.11 Å². The largest absolute Gasteiger partial charge is 0.493 e. The smallest absolute Gasteiger partial charge is 0.235 e. The highest BCUT2D eigenvalue weighted by Gasteiger charge is 2.08. The van der Waals surface area contributed by atoms with Crippen LogP contribution in [0.25, 0.3) is 11.2 Å². The van der Waals surface area contributed by atoms with Crippen molar-refractivity contribution in [3.63, 3.8) is 0 Å². The van der Waals surface area contributed by atoms with E-state index in [0.29, 0.717) is 28.6 Å². The third-order valence-corrected chi connectivity index (χ3v) is 2.63. The van der Waals surface area contributed by atoms with Crippen LogP contribution in [0.2, 0.25) is 0 Å². The van der Waals surface area contributed by atoms with Crippen LogP contribution < -0.4 is 9.47 Å². The van der Waals surface area contributed by atoms with Crippen LogP contribution in [0.15, 0.2) is 47.0 Å². The summed E-state index contributed by atoms with van der Waals surface area (Å²) in [5, 5.41) is 0. The van der Waals surface area contributed by atoms with E-state index >= 15 is 0 Å². The van der Waals surface area contributed by atoms with Gasteiger partial charge in [-0.1, -0.05) is 12.1 Å². The number of para-hydroxylation sites is 2. The Bertz CT molecular complexity index is 661. The normalized spacial score (nSPS) is 10.6. The number of oxazole rings is 1. The Balaban J connectivity index is 1.78. The van der Waals surface area contributed by atoms with Gasteiger partial charge in [0.05, 0.1) is 7.11 Å².